The standard InChI is InChI=1S/C16H22N4O/c1-12(18)15-7-2-3-8-20(15)11-16(21)19-14-6-4-5-13(9-14)10-17/h4-6,9,12,15H,2-3,7-8,11,18H2,1H3,(H,19,21). The molecule has 2 atom stereocenters. The van der Waals surface area contributed by atoms with Crippen molar-refractivity contribution in [3.8, 4) is 6.07 Å². The first-order chi connectivity index (χ1) is 10.1. The van der Waals surface area contributed by atoms with Gasteiger partial charge in [0.15, 0.2) is 0 Å². The molecule has 0 bridgehead atoms. The van der Waals surface area contributed by atoms with Crippen molar-refractivity contribution in [1.82, 2.24) is 4.90 Å². The molecule has 0 aromatic heterocycles. The first kappa shape index (κ1) is 15.5. The average Bonchev–Trinajstić information content (AvgIpc) is 2.47. The predicted molar refractivity (Wildman–Crippen MR) is 82.6 cm³/mol. The van der Waals surface area contributed by atoms with Crippen molar-refractivity contribution in [3.05, 3.63) is 29.8 Å². The molecule has 0 saturated carbocycles. The van der Waals surface area contributed by atoms with E-state index in [1.165, 1.54) is 6.42 Å². The monoisotopic (exact) mass is 286 g/mol. The van der Waals surface area contributed by atoms with Gasteiger partial charge in [-0.1, -0.05) is 12.5 Å². The zero-order valence-electron chi connectivity index (χ0n) is 12.4. The summed E-state index contributed by atoms with van der Waals surface area (Å²) in [6.45, 7) is 3.26. The number of piperidine rings is 1. The zero-order chi connectivity index (χ0) is 15.2. The van der Waals surface area contributed by atoms with Gasteiger partial charge in [0.1, 0.15) is 0 Å². The van der Waals surface area contributed by atoms with E-state index < -0.39 is 0 Å². The summed E-state index contributed by atoms with van der Waals surface area (Å²) in [5.74, 6) is -0.0577. The van der Waals surface area contributed by atoms with Crippen molar-refractivity contribution < 1.29 is 4.79 Å². The Labute approximate surface area is 125 Å². The molecule has 0 radical (unpaired) electrons. The SMILES string of the molecule is CC(N)C1CCCCN1CC(=O)Nc1cccc(C#N)c1. The maximum Gasteiger partial charge on any atom is 0.238 e. The fourth-order valence-corrected chi connectivity index (χ4v) is 2.86. The average molecular weight is 286 g/mol. The molecule has 21 heavy (non-hydrogen) atoms. The number of carbonyl (C=O) groups is 1. The fraction of sp³-hybridized carbons (Fsp3) is 0.500. The van der Waals surface area contributed by atoms with Crippen molar-refractivity contribution in [2.75, 3.05) is 18.4 Å². The highest BCUT2D eigenvalue weighted by Gasteiger charge is 2.26. The largest absolute Gasteiger partial charge is 0.327 e. The highest BCUT2D eigenvalue weighted by atomic mass is 16.2. The first-order valence-corrected chi connectivity index (χ1v) is 7.40. The summed E-state index contributed by atoms with van der Waals surface area (Å²) in [7, 11) is 0. The van der Waals surface area contributed by atoms with Crippen molar-refractivity contribution >= 4 is 11.6 Å². The van der Waals surface area contributed by atoms with Crippen LogP contribution in [0.15, 0.2) is 24.3 Å². The zero-order valence-corrected chi connectivity index (χ0v) is 12.4. The normalized spacial score (nSPS) is 20.5. The molecule has 5 heteroatoms. The van der Waals surface area contributed by atoms with E-state index in [0.717, 1.165) is 19.4 Å². The minimum atomic E-state index is -0.0577. The number of hydrogen-bond acceptors (Lipinski definition) is 4. The van der Waals surface area contributed by atoms with Crippen LogP contribution in [0, 0.1) is 11.3 Å². The van der Waals surface area contributed by atoms with E-state index in [1.807, 2.05) is 6.92 Å². The number of rotatable bonds is 4. The van der Waals surface area contributed by atoms with Crippen LogP contribution in [0.2, 0.25) is 0 Å². The van der Waals surface area contributed by atoms with Gasteiger partial charge in [-0.2, -0.15) is 5.26 Å². The van der Waals surface area contributed by atoms with Gasteiger partial charge in [-0.15, -0.1) is 0 Å². The quantitative estimate of drug-likeness (QED) is 0.882. The van der Waals surface area contributed by atoms with E-state index in [1.54, 1.807) is 24.3 Å². The highest BCUT2D eigenvalue weighted by molar-refractivity contribution is 5.92. The van der Waals surface area contributed by atoms with E-state index in [4.69, 9.17) is 11.0 Å². The molecule has 5 nitrogen and oxygen atoms in total. The molecule has 1 heterocycles. The Hall–Kier alpha value is -1.90. The van der Waals surface area contributed by atoms with Crippen molar-refractivity contribution in [3.63, 3.8) is 0 Å². The maximum atomic E-state index is 12.2. The fourth-order valence-electron chi connectivity index (χ4n) is 2.86. The molecule has 0 spiro atoms. The smallest absolute Gasteiger partial charge is 0.238 e. The van der Waals surface area contributed by atoms with E-state index >= 15 is 0 Å². The Kier molecular flexibility index (Phi) is 5.32. The number of carbonyl (C=O) groups excluding carboxylic acids is 1. The van der Waals surface area contributed by atoms with E-state index in [0.29, 0.717) is 17.8 Å². The van der Waals surface area contributed by atoms with Crippen LogP contribution >= 0.6 is 0 Å². The van der Waals surface area contributed by atoms with E-state index in [9.17, 15) is 4.79 Å². The summed E-state index contributed by atoms with van der Waals surface area (Å²) >= 11 is 0. The summed E-state index contributed by atoms with van der Waals surface area (Å²) in [6.07, 6.45) is 3.34. The molecule has 2 rings (SSSR count). The highest BCUT2D eigenvalue weighted by Crippen LogP contribution is 2.19. The maximum absolute atomic E-state index is 12.2. The molecular formula is C16H22N4O. The minimum Gasteiger partial charge on any atom is -0.327 e. The molecule has 1 fully saturated rings. The second-order valence-electron chi connectivity index (χ2n) is 5.63. The number of nitriles is 1. The summed E-state index contributed by atoms with van der Waals surface area (Å²) in [5, 5.41) is 11.7. The van der Waals surface area contributed by atoms with Gasteiger partial charge in [-0.25, -0.2) is 0 Å². The van der Waals surface area contributed by atoms with E-state index in [-0.39, 0.29) is 18.0 Å². The van der Waals surface area contributed by atoms with Gasteiger partial charge in [-0.3, -0.25) is 9.69 Å². The number of amides is 1. The lowest BCUT2D eigenvalue weighted by molar-refractivity contribution is -0.118. The molecule has 1 aromatic carbocycles. The lowest BCUT2D eigenvalue weighted by atomic mass is 9.97. The molecule has 2 unspecified atom stereocenters. The van der Waals surface area contributed by atoms with Crippen LogP contribution < -0.4 is 11.1 Å². The van der Waals surface area contributed by atoms with Gasteiger partial charge >= 0.3 is 0 Å². The summed E-state index contributed by atoms with van der Waals surface area (Å²) < 4.78 is 0. The number of likely N-dealkylation sites (tertiary alicyclic amines) is 1. The lowest BCUT2D eigenvalue weighted by Gasteiger charge is -2.37. The van der Waals surface area contributed by atoms with Gasteiger partial charge < -0.3 is 11.1 Å². The Morgan fingerprint density at radius 1 is 1.57 bits per heavy atom. The summed E-state index contributed by atoms with van der Waals surface area (Å²) in [6, 6.07) is 9.35. The van der Waals surface area contributed by atoms with Crippen molar-refractivity contribution in [2.24, 2.45) is 5.73 Å². The number of nitrogens with two attached hydrogens (primary N) is 1. The molecule has 1 amide bonds. The summed E-state index contributed by atoms with van der Waals surface area (Å²) in [4.78, 5) is 14.3. The second kappa shape index (κ2) is 7.21. The van der Waals surface area contributed by atoms with Gasteiger partial charge in [0.25, 0.3) is 0 Å². The molecule has 0 aliphatic carbocycles. The summed E-state index contributed by atoms with van der Waals surface area (Å²) in [5.41, 5.74) is 7.22. The van der Waals surface area contributed by atoms with Gasteiger partial charge in [0.05, 0.1) is 18.2 Å². The third-order valence-electron chi connectivity index (χ3n) is 3.89. The topological polar surface area (TPSA) is 82.2 Å². The van der Waals surface area contributed by atoms with Crippen molar-refractivity contribution in [2.45, 2.75) is 38.3 Å². The number of hydrogen-bond donors (Lipinski definition) is 2. The predicted octanol–water partition coefficient (Wildman–Crippen LogP) is 1.70. The second-order valence-corrected chi connectivity index (χ2v) is 5.63. The number of benzene rings is 1. The molecule has 3 N–H and O–H groups in total. The van der Waals surface area contributed by atoms with Crippen LogP contribution in [0.3, 0.4) is 0 Å². The van der Waals surface area contributed by atoms with Crippen molar-refractivity contribution in [1.29, 1.82) is 5.26 Å². The van der Waals surface area contributed by atoms with Crippen LogP contribution in [-0.2, 0) is 4.79 Å². The van der Waals surface area contributed by atoms with Crippen LogP contribution in [0.25, 0.3) is 0 Å². The molecular weight excluding hydrogens is 264 g/mol. The Morgan fingerprint density at radius 2 is 2.38 bits per heavy atom. The molecule has 1 aliphatic heterocycles. The minimum absolute atomic E-state index is 0.0577. The Morgan fingerprint density at radius 3 is 3.10 bits per heavy atom. The Bertz CT molecular complexity index is 535. The third-order valence-corrected chi connectivity index (χ3v) is 3.89. The molecule has 112 valence electrons. The van der Waals surface area contributed by atoms with Gasteiger partial charge in [-0.05, 0) is 44.5 Å². The first-order valence-electron chi connectivity index (χ1n) is 7.40. The molecule has 1 aromatic rings. The van der Waals surface area contributed by atoms with Crippen LogP contribution in [-0.4, -0.2) is 36.0 Å². The van der Waals surface area contributed by atoms with Crippen LogP contribution in [0.1, 0.15) is 31.7 Å². The third kappa shape index (κ3) is 4.28. The van der Waals surface area contributed by atoms with E-state index in [2.05, 4.69) is 16.3 Å². The lowest BCUT2D eigenvalue weighted by Crippen LogP contribution is -2.51. The van der Waals surface area contributed by atoms with Gasteiger partial charge in [0.2, 0.25) is 5.91 Å². The number of nitrogens with zero attached hydrogens (tertiary/aromatic N) is 2. The van der Waals surface area contributed by atoms with Gasteiger partial charge in [0, 0.05) is 17.8 Å². The Balaban J connectivity index is 1.95. The van der Waals surface area contributed by atoms with Crippen LogP contribution in [0.5, 0.6) is 0 Å². The molecule has 1 saturated heterocycles. The molecule has 1 aliphatic rings. The number of anilines is 1. The van der Waals surface area contributed by atoms with Crippen LogP contribution in [0.4, 0.5) is 5.69 Å². The number of nitrogens with one attached hydrogen (secondary N) is 1.